The molecule has 0 spiro atoms. The van der Waals surface area contributed by atoms with E-state index in [1.165, 1.54) is 10.6 Å². The third kappa shape index (κ3) is 4.35. The number of carbonyl (C=O) groups excluding carboxylic acids is 1. The number of aromatic nitrogens is 1. The van der Waals surface area contributed by atoms with Crippen molar-refractivity contribution in [3.05, 3.63) is 76.7 Å². The second-order valence-electron chi connectivity index (χ2n) is 8.20. The van der Waals surface area contributed by atoms with Gasteiger partial charge in [0, 0.05) is 30.1 Å². The summed E-state index contributed by atoms with van der Waals surface area (Å²) in [6.45, 7) is 9.97. The molecule has 2 N–H and O–H groups in total. The number of hydrogen-bond donors (Lipinski definition) is 2. The summed E-state index contributed by atoms with van der Waals surface area (Å²) in [4.78, 5) is 24.7. The molecular formula is C26H27N3O4. The van der Waals surface area contributed by atoms with Crippen LogP contribution in [0.2, 0.25) is 0 Å². The first kappa shape index (κ1) is 22.2. The Morgan fingerprint density at radius 1 is 1.24 bits per heavy atom. The Hall–Kier alpha value is -4.00. The first-order chi connectivity index (χ1) is 15.8. The molecule has 0 aliphatic carbocycles. The smallest absolute Gasteiger partial charge is 0.294 e. The summed E-state index contributed by atoms with van der Waals surface area (Å²) in [5, 5.41) is 6.13. The minimum Gasteiger partial charge on any atom is -0.481 e. The maximum absolute atomic E-state index is 12.8. The first-order valence-electron chi connectivity index (χ1n) is 10.7. The lowest BCUT2D eigenvalue weighted by Gasteiger charge is -2.27. The number of anilines is 2. The molecule has 1 aliphatic rings. The summed E-state index contributed by atoms with van der Waals surface area (Å²) in [6.07, 6.45) is 2.83. The van der Waals surface area contributed by atoms with Crippen LogP contribution in [0.5, 0.6) is 17.2 Å². The Kier molecular flexibility index (Phi) is 5.96. The van der Waals surface area contributed by atoms with Crippen molar-refractivity contribution in [1.82, 2.24) is 4.57 Å². The molecule has 33 heavy (non-hydrogen) atoms. The van der Waals surface area contributed by atoms with Gasteiger partial charge in [-0.3, -0.25) is 9.59 Å². The molecule has 0 saturated carbocycles. The molecule has 0 fully saturated rings. The predicted octanol–water partition coefficient (Wildman–Crippen LogP) is 4.78. The molecule has 1 aromatic heterocycles. The number of hydrogen-bond acceptors (Lipinski definition) is 5. The zero-order chi connectivity index (χ0) is 23.7. The number of nitrogens with one attached hydrogen (secondary N) is 2. The van der Waals surface area contributed by atoms with Gasteiger partial charge < -0.3 is 24.7 Å². The summed E-state index contributed by atoms with van der Waals surface area (Å²) in [5.41, 5.74) is 4.41. The third-order valence-electron chi connectivity index (χ3n) is 5.56. The quantitative estimate of drug-likeness (QED) is 0.553. The topological polar surface area (TPSA) is 81.6 Å². The fourth-order valence-electron chi connectivity index (χ4n) is 3.85. The zero-order valence-corrected chi connectivity index (χ0v) is 19.2. The number of para-hydroxylation sites is 1. The van der Waals surface area contributed by atoms with Crippen molar-refractivity contribution in [3.8, 4) is 28.4 Å². The van der Waals surface area contributed by atoms with Crippen molar-refractivity contribution in [2.24, 2.45) is 7.05 Å². The van der Waals surface area contributed by atoms with Crippen LogP contribution in [0.25, 0.3) is 11.1 Å². The van der Waals surface area contributed by atoms with Crippen molar-refractivity contribution in [2.75, 3.05) is 17.2 Å². The molecule has 1 atom stereocenters. The number of ether oxygens (including phenoxy) is 2. The maximum atomic E-state index is 12.8. The molecule has 2 heterocycles. The number of benzene rings is 2. The lowest BCUT2D eigenvalue weighted by molar-refractivity contribution is -0.111. The van der Waals surface area contributed by atoms with E-state index in [1.807, 2.05) is 51.1 Å². The molecule has 7 nitrogen and oxygen atoms in total. The van der Waals surface area contributed by atoms with E-state index < -0.39 is 0 Å². The van der Waals surface area contributed by atoms with Crippen LogP contribution < -0.4 is 25.7 Å². The SMILES string of the molecule is C=CC(=O)Nc1ccc(Oc2c(C)cccc2C)c(-c2cn(C)c(=O)c3c2NCC(C)O3)c1. The average Bonchev–Trinajstić information content (AvgIpc) is 2.79. The van der Waals surface area contributed by atoms with Gasteiger partial charge in [0.05, 0.1) is 12.2 Å². The predicted molar refractivity (Wildman–Crippen MR) is 131 cm³/mol. The number of carbonyl (C=O) groups is 1. The van der Waals surface area contributed by atoms with E-state index in [9.17, 15) is 9.59 Å². The molecule has 3 aromatic rings. The maximum Gasteiger partial charge on any atom is 0.294 e. The van der Waals surface area contributed by atoms with Gasteiger partial charge in [-0.2, -0.15) is 0 Å². The van der Waals surface area contributed by atoms with Gasteiger partial charge in [0.25, 0.3) is 5.56 Å². The van der Waals surface area contributed by atoms with E-state index in [0.717, 1.165) is 22.4 Å². The molecule has 1 unspecified atom stereocenters. The van der Waals surface area contributed by atoms with Crippen LogP contribution in [0.15, 0.2) is 60.0 Å². The molecular weight excluding hydrogens is 418 g/mol. The Bertz CT molecular complexity index is 1290. The largest absolute Gasteiger partial charge is 0.481 e. The highest BCUT2D eigenvalue weighted by Gasteiger charge is 2.25. The van der Waals surface area contributed by atoms with Crippen molar-refractivity contribution in [1.29, 1.82) is 0 Å². The van der Waals surface area contributed by atoms with E-state index in [2.05, 4.69) is 17.2 Å². The summed E-state index contributed by atoms with van der Waals surface area (Å²) < 4.78 is 13.8. The van der Waals surface area contributed by atoms with Crippen LogP contribution in [0.3, 0.4) is 0 Å². The Balaban J connectivity index is 1.92. The number of aryl methyl sites for hydroxylation is 3. The summed E-state index contributed by atoms with van der Waals surface area (Å²) in [7, 11) is 1.68. The van der Waals surface area contributed by atoms with Gasteiger partial charge in [-0.25, -0.2) is 0 Å². The molecule has 1 aliphatic heterocycles. The van der Waals surface area contributed by atoms with Gasteiger partial charge in [0.15, 0.2) is 0 Å². The van der Waals surface area contributed by atoms with Crippen LogP contribution >= 0.6 is 0 Å². The molecule has 0 saturated heterocycles. The van der Waals surface area contributed by atoms with Crippen molar-refractivity contribution < 1.29 is 14.3 Å². The van der Waals surface area contributed by atoms with Crippen LogP contribution in [-0.4, -0.2) is 23.1 Å². The van der Waals surface area contributed by atoms with Gasteiger partial charge in [0.2, 0.25) is 11.7 Å². The monoisotopic (exact) mass is 445 g/mol. The summed E-state index contributed by atoms with van der Waals surface area (Å²) in [6, 6.07) is 11.4. The Labute approximate surface area is 192 Å². The number of fused-ring (bicyclic) bond motifs is 1. The molecule has 1 amide bonds. The lowest BCUT2D eigenvalue weighted by Crippen LogP contribution is -2.33. The minimum absolute atomic E-state index is 0.135. The van der Waals surface area contributed by atoms with Crippen LogP contribution in [0.1, 0.15) is 18.1 Å². The highest BCUT2D eigenvalue weighted by atomic mass is 16.5. The standard InChI is InChI=1S/C26H27N3O4/c1-6-22(30)28-18-10-11-21(33-24-15(2)8-7-9-16(24)3)19(12-18)20-14-29(5)26(31)25-23(20)27-13-17(4)32-25/h6-12,14,17,27H,1,13H2,2-5H3,(H,28,30). The van der Waals surface area contributed by atoms with E-state index >= 15 is 0 Å². The van der Waals surface area contributed by atoms with Gasteiger partial charge >= 0.3 is 0 Å². The highest BCUT2D eigenvalue weighted by molar-refractivity contribution is 6.00. The molecule has 170 valence electrons. The number of amides is 1. The molecule has 0 radical (unpaired) electrons. The highest BCUT2D eigenvalue weighted by Crippen LogP contribution is 2.43. The average molecular weight is 446 g/mol. The van der Waals surface area contributed by atoms with Crippen molar-refractivity contribution in [3.63, 3.8) is 0 Å². The van der Waals surface area contributed by atoms with Gasteiger partial charge in [-0.15, -0.1) is 0 Å². The fourth-order valence-corrected chi connectivity index (χ4v) is 3.85. The first-order valence-corrected chi connectivity index (χ1v) is 10.7. The molecule has 4 rings (SSSR count). The third-order valence-corrected chi connectivity index (χ3v) is 5.56. The summed E-state index contributed by atoms with van der Waals surface area (Å²) >= 11 is 0. The number of rotatable bonds is 5. The van der Waals surface area contributed by atoms with Crippen LogP contribution in [-0.2, 0) is 11.8 Å². The van der Waals surface area contributed by atoms with E-state index in [4.69, 9.17) is 9.47 Å². The van der Waals surface area contributed by atoms with E-state index in [0.29, 0.717) is 29.2 Å². The van der Waals surface area contributed by atoms with Gasteiger partial charge in [-0.05, 0) is 56.2 Å². The zero-order valence-electron chi connectivity index (χ0n) is 19.2. The van der Waals surface area contributed by atoms with Gasteiger partial charge in [-0.1, -0.05) is 24.8 Å². The van der Waals surface area contributed by atoms with E-state index in [1.54, 1.807) is 19.3 Å². The van der Waals surface area contributed by atoms with Crippen LogP contribution in [0, 0.1) is 13.8 Å². The molecule has 0 bridgehead atoms. The van der Waals surface area contributed by atoms with Gasteiger partial charge in [0.1, 0.15) is 17.6 Å². The lowest BCUT2D eigenvalue weighted by atomic mass is 10.0. The number of pyridine rings is 1. The Morgan fingerprint density at radius 2 is 1.97 bits per heavy atom. The Morgan fingerprint density at radius 3 is 2.67 bits per heavy atom. The second-order valence-corrected chi connectivity index (χ2v) is 8.20. The number of nitrogens with zero attached hydrogens (tertiary/aromatic N) is 1. The van der Waals surface area contributed by atoms with Crippen molar-refractivity contribution >= 4 is 17.3 Å². The van der Waals surface area contributed by atoms with Crippen molar-refractivity contribution in [2.45, 2.75) is 26.9 Å². The minimum atomic E-state index is -0.317. The molecule has 7 heteroatoms. The second kappa shape index (κ2) is 8.86. The summed E-state index contributed by atoms with van der Waals surface area (Å²) in [5.74, 6) is 1.30. The molecule has 2 aromatic carbocycles. The van der Waals surface area contributed by atoms with E-state index in [-0.39, 0.29) is 23.3 Å². The fraction of sp³-hybridized carbons (Fsp3) is 0.231. The normalized spacial score (nSPS) is 14.5. The van der Waals surface area contributed by atoms with Crippen LogP contribution in [0.4, 0.5) is 11.4 Å².